The highest BCUT2D eigenvalue weighted by Gasteiger charge is 2.35. The molecule has 1 aromatic carbocycles. The first kappa shape index (κ1) is 17.8. The lowest BCUT2D eigenvalue weighted by molar-refractivity contribution is -0.126. The zero-order valence-corrected chi connectivity index (χ0v) is 14.4. The van der Waals surface area contributed by atoms with E-state index < -0.39 is 11.7 Å². The van der Waals surface area contributed by atoms with Gasteiger partial charge < -0.3 is 15.0 Å². The predicted molar refractivity (Wildman–Crippen MR) is 91.7 cm³/mol. The van der Waals surface area contributed by atoms with Gasteiger partial charge in [0.1, 0.15) is 5.82 Å². The van der Waals surface area contributed by atoms with Crippen molar-refractivity contribution < 1.29 is 18.7 Å². The number of morpholine rings is 1. The Balaban J connectivity index is 1.52. The molecular weight excluding hydrogens is 325 g/mol. The molecule has 0 radical (unpaired) electrons. The van der Waals surface area contributed by atoms with E-state index in [2.05, 4.69) is 17.1 Å². The third-order valence-electron chi connectivity index (χ3n) is 4.86. The van der Waals surface area contributed by atoms with Gasteiger partial charge in [-0.2, -0.15) is 0 Å². The van der Waals surface area contributed by atoms with Crippen molar-refractivity contribution in [2.75, 3.05) is 44.3 Å². The van der Waals surface area contributed by atoms with Gasteiger partial charge in [-0.15, -0.1) is 0 Å². The molecule has 3 rings (SSSR count). The Bertz CT molecular complexity index is 634. The molecule has 1 aromatic rings. The number of benzene rings is 1. The van der Waals surface area contributed by atoms with E-state index in [1.807, 2.05) is 0 Å². The van der Waals surface area contributed by atoms with Gasteiger partial charge in [-0.25, -0.2) is 4.39 Å². The molecule has 25 heavy (non-hydrogen) atoms. The summed E-state index contributed by atoms with van der Waals surface area (Å²) in [6, 6.07) is 6.13. The molecule has 0 saturated carbocycles. The Morgan fingerprint density at radius 1 is 1.40 bits per heavy atom. The lowest BCUT2D eigenvalue weighted by atomic mass is 10.1. The van der Waals surface area contributed by atoms with Crippen LogP contribution in [-0.2, 0) is 14.3 Å². The smallest absolute Gasteiger partial charge is 0.227 e. The molecule has 0 bridgehead atoms. The summed E-state index contributed by atoms with van der Waals surface area (Å²) in [6.45, 7) is 6.09. The average Bonchev–Trinajstić information content (AvgIpc) is 3.02. The molecule has 2 atom stereocenters. The summed E-state index contributed by atoms with van der Waals surface area (Å²) < 4.78 is 18.7. The van der Waals surface area contributed by atoms with Crippen LogP contribution in [0.5, 0.6) is 0 Å². The van der Waals surface area contributed by atoms with Gasteiger partial charge in [-0.1, -0.05) is 6.07 Å². The summed E-state index contributed by atoms with van der Waals surface area (Å²) in [4.78, 5) is 28.4. The fourth-order valence-corrected chi connectivity index (χ4v) is 3.32. The van der Waals surface area contributed by atoms with E-state index >= 15 is 0 Å². The first-order chi connectivity index (χ1) is 12.0. The third-order valence-corrected chi connectivity index (χ3v) is 4.86. The number of nitrogens with zero attached hydrogens (tertiary/aromatic N) is 2. The first-order valence-electron chi connectivity index (χ1n) is 8.70. The van der Waals surface area contributed by atoms with E-state index in [-0.39, 0.29) is 24.3 Å². The van der Waals surface area contributed by atoms with Gasteiger partial charge in [0, 0.05) is 44.3 Å². The van der Waals surface area contributed by atoms with Gasteiger partial charge in [-0.3, -0.25) is 14.5 Å². The van der Waals surface area contributed by atoms with Crippen LogP contribution in [0.25, 0.3) is 0 Å². The zero-order chi connectivity index (χ0) is 17.8. The van der Waals surface area contributed by atoms with E-state index in [0.29, 0.717) is 18.8 Å². The Kier molecular flexibility index (Phi) is 5.65. The van der Waals surface area contributed by atoms with E-state index in [1.54, 1.807) is 12.1 Å². The SMILES string of the molecule is C[C@@H](CNC(=O)[C@H]1CC(=O)N(c2cccc(F)c2)C1)N1CCOCC1. The number of anilines is 1. The van der Waals surface area contributed by atoms with Crippen molar-refractivity contribution in [3.8, 4) is 0 Å². The second-order valence-electron chi connectivity index (χ2n) is 6.63. The molecule has 0 unspecified atom stereocenters. The van der Waals surface area contributed by atoms with Crippen molar-refractivity contribution in [1.29, 1.82) is 0 Å². The van der Waals surface area contributed by atoms with Crippen LogP contribution in [-0.4, -0.2) is 62.1 Å². The summed E-state index contributed by atoms with van der Waals surface area (Å²) >= 11 is 0. The van der Waals surface area contributed by atoms with Crippen LogP contribution in [0.3, 0.4) is 0 Å². The number of halogens is 1. The van der Waals surface area contributed by atoms with Crippen molar-refractivity contribution in [2.24, 2.45) is 5.92 Å². The molecule has 0 aliphatic carbocycles. The number of carbonyl (C=O) groups is 2. The number of amides is 2. The van der Waals surface area contributed by atoms with Crippen LogP contribution in [0, 0.1) is 11.7 Å². The molecule has 2 aliphatic heterocycles. The molecule has 136 valence electrons. The molecule has 2 fully saturated rings. The second kappa shape index (κ2) is 7.93. The molecule has 6 nitrogen and oxygen atoms in total. The largest absolute Gasteiger partial charge is 0.379 e. The van der Waals surface area contributed by atoms with Crippen LogP contribution in [0.1, 0.15) is 13.3 Å². The number of ether oxygens (including phenoxy) is 1. The van der Waals surface area contributed by atoms with Gasteiger partial charge in [0.15, 0.2) is 0 Å². The average molecular weight is 349 g/mol. The summed E-state index contributed by atoms with van der Waals surface area (Å²) in [7, 11) is 0. The Morgan fingerprint density at radius 3 is 2.88 bits per heavy atom. The standard InChI is InChI=1S/C18H24FN3O3/c1-13(21-5-7-25-8-6-21)11-20-18(24)14-9-17(23)22(12-14)16-4-2-3-15(19)10-16/h2-4,10,13-14H,5-9,11-12H2,1H3,(H,20,24)/t13-,14-/m0/s1. The van der Waals surface area contributed by atoms with Gasteiger partial charge in [0.05, 0.1) is 19.1 Å². The lowest BCUT2D eigenvalue weighted by Crippen LogP contribution is -2.48. The summed E-state index contributed by atoms with van der Waals surface area (Å²) in [5, 5.41) is 2.95. The van der Waals surface area contributed by atoms with Crippen LogP contribution in [0.4, 0.5) is 10.1 Å². The first-order valence-corrected chi connectivity index (χ1v) is 8.70. The Labute approximate surface area is 146 Å². The predicted octanol–water partition coefficient (Wildman–Crippen LogP) is 1.02. The van der Waals surface area contributed by atoms with Gasteiger partial charge in [0.2, 0.25) is 11.8 Å². The summed E-state index contributed by atoms with van der Waals surface area (Å²) in [5.74, 6) is -1.05. The van der Waals surface area contributed by atoms with E-state index in [4.69, 9.17) is 4.74 Å². The maximum absolute atomic E-state index is 13.4. The lowest BCUT2D eigenvalue weighted by Gasteiger charge is -2.32. The van der Waals surface area contributed by atoms with Gasteiger partial charge in [0.25, 0.3) is 0 Å². The highest BCUT2D eigenvalue weighted by Crippen LogP contribution is 2.25. The van der Waals surface area contributed by atoms with Crippen molar-refractivity contribution in [3.05, 3.63) is 30.1 Å². The van der Waals surface area contributed by atoms with Crippen LogP contribution in [0.2, 0.25) is 0 Å². The van der Waals surface area contributed by atoms with E-state index in [1.165, 1.54) is 17.0 Å². The maximum atomic E-state index is 13.4. The molecule has 2 saturated heterocycles. The fraction of sp³-hybridized carbons (Fsp3) is 0.556. The minimum absolute atomic E-state index is 0.118. The van der Waals surface area contributed by atoms with Crippen LogP contribution < -0.4 is 10.2 Å². The Hall–Kier alpha value is -1.99. The van der Waals surface area contributed by atoms with Crippen molar-refractivity contribution in [1.82, 2.24) is 10.2 Å². The Morgan fingerprint density at radius 2 is 2.16 bits per heavy atom. The minimum atomic E-state index is -0.396. The van der Waals surface area contributed by atoms with Gasteiger partial charge >= 0.3 is 0 Å². The molecule has 2 heterocycles. The fourth-order valence-electron chi connectivity index (χ4n) is 3.32. The second-order valence-corrected chi connectivity index (χ2v) is 6.63. The molecular formula is C18H24FN3O3. The highest BCUT2D eigenvalue weighted by molar-refractivity contribution is 6.00. The van der Waals surface area contributed by atoms with Crippen molar-refractivity contribution in [2.45, 2.75) is 19.4 Å². The number of hydrogen-bond donors (Lipinski definition) is 1. The summed E-state index contributed by atoms with van der Waals surface area (Å²) in [6.07, 6.45) is 0.161. The quantitative estimate of drug-likeness (QED) is 0.862. The van der Waals surface area contributed by atoms with Gasteiger partial charge in [-0.05, 0) is 25.1 Å². The molecule has 0 spiro atoms. The van der Waals surface area contributed by atoms with E-state index in [0.717, 1.165) is 26.3 Å². The monoisotopic (exact) mass is 349 g/mol. The summed E-state index contributed by atoms with van der Waals surface area (Å²) in [5.41, 5.74) is 0.502. The topological polar surface area (TPSA) is 61.9 Å². The molecule has 2 amide bonds. The normalized spacial score (nSPS) is 22.9. The highest BCUT2D eigenvalue weighted by atomic mass is 19.1. The number of hydrogen-bond acceptors (Lipinski definition) is 4. The number of carbonyl (C=O) groups excluding carboxylic acids is 2. The van der Waals surface area contributed by atoms with E-state index in [9.17, 15) is 14.0 Å². The van der Waals surface area contributed by atoms with Crippen LogP contribution in [0.15, 0.2) is 24.3 Å². The molecule has 2 aliphatic rings. The molecule has 0 aromatic heterocycles. The minimum Gasteiger partial charge on any atom is -0.379 e. The third kappa shape index (κ3) is 4.35. The number of nitrogens with one attached hydrogen (secondary N) is 1. The van der Waals surface area contributed by atoms with Crippen LogP contribution >= 0.6 is 0 Å². The number of rotatable bonds is 5. The maximum Gasteiger partial charge on any atom is 0.227 e. The van der Waals surface area contributed by atoms with Crippen molar-refractivity contribution >= 4 is 17.5 Å². The zero-order valence-electron chi connectivity index (χ0n) is 14.4. The molecule has 7 heteroatoms. The molecule has 1 N–H and O–H groups in total. The van der Waals surface area contributed by atoms with Crippen molar-refractivity contribution in [3.63, 3.8) is 0 Å².